The largest absolute Gasteiger partial charge is 0.351 e. The molecule has 0 aliphatic carbocycles. The van der Waals surface area contributed by atoms with Crippen LogP contribution in [0.2, 0.25) is 0 Å². The van der Waals surface area contributed by atoms with E-state index in [-0.39, 0.29) is 6.29 Å². The van der Waals surface area contributed by atoms with E-state index < -0.39 is 0 Å². The van der Waals surface area contributed by atoms with Crippen LogP contribution in [0, 0.1) is 13.8 Å². The average Bonchev–Trinajstić information content (AvgIpc) is 3.00. The normalized spacial score (nSPS) is 12.2. The zero-order chi connectivity index (χ0) is 17.8. The van der Waals surface area contributed by atoms with Crippen LogP contribution in [0.5, 0.6) is 0 Å². The fraction of sp³-hybridized carbons (Fsp3) is 0.381. The first-order chi connectivity index (χ1) is 12.2. The molecule has 2 aromatic carbocycles. The van der Waals surface area contributed by atoms with Gasteiger partial charge in [-0.2, -0.15) is 0 Å². The van der Waals surface area contributed by atoms with Crippen molar-refractivity contribution in [2.75, 3.05) is 19.8 Å². The topological polar surface area (TPSA) is 30.8 Å². The number of ether oxygens (including phenoxy) is 2. The first kappa shape index (κ1) is 18.1. The second kappa shape index (κ2) is 8.09. The molecule has 0 spiro atoms. The molecule has 0 aliphatic heterocycles. The van der Waals surface area contributed by atoms with Crippen LogP contribution >= 0.6 is 11.3 Å². The molecule has 0 unspecified atom stereocenters. The Kier molecular flexibility index (Phi) is 5.84. The summed E-state index contributed by atoms with van der Waals surface area (Å²) in [6, 6.07) is 10.8. The lowest BCUT2D eigenvalue weighted by Crippen LogP contribution is -2.20. The van der Waals surface area contributed by atoms with Gasteiger partial charge in [-0.25, -0.2) is 0 Å². The van der Waals surface area contributed by atoms with Gasteiger partial charge in [-0.1, -0.05) is 18.2 Å². The summed E-state index contributed by atoms with van der Waals surface area (Å²) in [5.74, 6) is 0. The van der Waals surface area contributed by atoms with Gasteiger partial charge in [-0.15, -0.1) is 11.3 Å². The Morgan fingerprint density at radius 1 is 1.12 bits per heavy atom. The minimum atomic E-state index is -0.265. The number of benzene rings is 2. The standard InChI is InChI=1S/C21H25NO2S/c1-5-23-19(24-6-2)13-22-12-16-11-14(3)21-20(15(16)4)17-9-7-8-10-18(17)25-21/h7-12,19H,5-6,13H2,1-4H3. The van der Waals surface area contributed by atoms with E-state index in [9.17, 15) is 0 Å². The number of nitrogens with zero attached hydrogens (tertiary/aromatic N) is 1. The highest BCUT2D eigenvalue weighted by molar-refractivity contribution is 7.26. The van der Waals surface area contributed by atoms with Crippen LogP contribution < -0.4 is 0 Å². The van der Waals surface area contributed by atoms with Gasteiger partial charge in [0.25, 0.3) is 0 Å². The smallest absolute Gasteiger partial charge is 0.176 e. The SMILES string of the molecule is CCOC(CN=Cc1cc(C)c2sc3ccccc3c2c1C)OCC. The number of fused-ring (bicyclic) bond motifs is 3. The number of aliphatic imine (C=N–C) groups is 1. The van der Waals surface area contributed by atoms with Crippen molar-refractivity contribution in [3.8, 4) is 0 Å². The Morgan fingerprint density at radius 3 is 2.56 bits per heavy atom. The highest BCUT2D eigenvalue weighted by Crippen LogP contribution is 2.38. The molecule has 3 aromatic rings. The molecule has 4 heteroatoms. The van der Waals surface area contributed by atoms with E-state index in [4.69, 9.17) is 9.47 Å². The van der Waals surface area contributed by atoms with Gasteiger partial charge in [-0.3, -0.25) is 4.99 Å². The van der Waals surface area contributed by atoms with Crippen molar-refractivity contribution in [3.05, 3.63) is 47.0 Å². The molecule has 0 saturated heterocycles. The molecule has 0 radical (unpaired) electrons. The van der Waals surface area contributed by atoms with Gasteiger partial charge in [0.1, 0.15) is 0 Å². The lowest BCUT2D eigenvalue weighted by atomic mass is 9.99. The molecule has 0 fully saturated rings. The van der Waals surface area contributed by atoms with Gasteiger partial charge in [0.2, 0.25) is 0 Å². The molecule has 0 aliphatic rings. The quantitative estimate of drug-likeness (QED) is 0.414. The zero-order valence-electron chi connectivity index (χ0n) is 15.3. The lowest BCUT2D eigenvalue weighted by Gasteiger charge is -2.14. The highest BCUT2D eigenvalue weighted by atomic mass is 32.1. The van der Waals surface area contributed by atoms with Crippen LogP contribution in [0.25, 0.3) is 20.2 Å². The van der Waals surface area contributed by atoms with E-state index in [0.29, 0.717) is 19.8 Å². The Morgan fingerprint density at radius 2 is 1.84 bits per heavy atom. The molecule has 132 valence electrons. The molecule has 0 bridgehead atoms. The van der Waals surface area contributed by atoms with Crippen LogP contribution in [0.4, 0.5) is 0 Å². The van der Waals surface area contributed by atoms with Crippen LogP contribution in [-0.2, 0) is 9.47 Å². The molecule has 3 rings (SSSR count). The van der Waals surface area contributed by atoms with E-state index in [2.05, 4.69) is 49.2 Å². The molecule has 0 saturated carbocycles. The number of hydrogen-bond donors (Lipinski definition) is 0. The summed E-state index contributed by atoms with van der Waals surface area (Å²) in [7, 11) is 0. The van der Waals surface area contributed by atoms with Gasteiger partial charge in [-0.05, 0) is 56.5 Å². The summed E-state index contributed by atoms with van der Waals surface area (Å²) < 4.78 is 13.8. The summed E-state index contributed by atoms with van der Waals surface area (Å²) in [5, 5.41) is 2.69. The second-order valence-electron chi connectivity index (χ2n) is 6.04. The molecular weight excluding hydrogens is 330 g/mol. The summed E-state index contributed by atoms with van der Waals surface area (Å²) in [6.45, 7) is 10.1. The van der Waals surface area contributed by atoms with Gasteiger partial charge >= 0.3 is 0 Å². The predicted molar refractivity (Wildman–Crippen MR) is 108 cm³/mol. The third-order valence-corrected chi connectivity index (χ3v) is 5.63. The maximum absolute atomic E-state index is 5.56. The van der Waals surface area contributed by atoms with Crippen molar-refractivity contribution < 1.29 is 9.47 Å². The highest BCUT2D eigenvalue weighted by Gasteiger charge is 2.12. The first-order valence-electron chi connectivity index (χ1n) is 8.80. The summed E-state index contributed by atoms with van der Waals surface area (Å²) in [6.07, 6.45) is 1.69. The van der Waals surface area contributed by atoms with Crippen LogP contribution in [-0.4, -0.2) is 32.3 Å². The van der Waals surface area contributed by atoms with Gasteiger partial charge in [0.15, 0.2) is 6.29 Å². The van der Waals surface area contributed by atoms with E-state index in [1.165, 1.54) is 36.9 Å². The Bertz CT molecular complexity index is 892. The molecule has 1 aromatic heterocycles. The third-order valence-electron chi connectivity index (χ3n) is 4.32. The van der Waals surface area contributed by atoms with Crippen molar-refractivity contribution in [1.29, 1.82) is 0 Å². The van der Waals surface area contributed by atoms with Crippen LogP contribution in [0.1, 0.15) is 30.5 Å². The Balaban J connectivity index is 1.95. The van der Waals surface area contributed by atoms with Gasteiger partial charge in [0, 0.05) is 39.6 Å². The zero-order valence-corrected chi connectivity index (χ0v) is 16.2. The first-order valence-corrected chi connectivity index (χ1v) is 9.61. The van der Waals surface area contributed by atoms with Crippen molar-refractivity contribution in [3.63, 3.8) is 0 Å². The van der Waals surface area contributed by atoms with Gasteiger partial charge < -0.3 is 9.47 Å². The summed E-state index contributed by atoms with van der Waals surface area (Å²) in [4.78, 5) is 4.58. The van der Waals surface area contributed by atoms with E-state index >= 15 is 0 Å². The number of hydrogen-bond acceptors (Lipinski definition) is 4. The van der Waals surface area contributed by atoms with Crippen molar-refractivity contribution in [1.82, 2.24) is 0 Å². The fourth-order valence-electron chi connectivity index (χ4n) is 3.14. The van der Waals surface area contributed by atoms with Crippen molar-refractivity contribution in [2.24, 2.45) is 4.99 Å². The molecule has 1 heterocycles. The molecule has 25 heavy (non-hydrogen) atoms. The molecule has 3 nitrogen and oxygen atoms in total. The monoisotopic (exact) mass is 355 g/mol. The van der Waals surface area contributed by atoms with Crippen molar-refractivity contribution in [2.45, 2.75) is 34.0 Å². The number of thiophene rings is 1. The third kappa shape index (κ3) is 3.76. The molecular formula is C21H25NO2S. The van der Waals surface area contributed by atoms with Crippen LogP contribution in [0.15, 0.2) is 35.3 Å². The minimum absolute atomic E-state index is 0.265. The maximum atomic E-state index is 5.56. The second-order valence-corrected chi connectivity index (χ2v) is 7.10. The van der Waals surface area contributed by atoms with E-state index in [1.807, 2.05) is 31.4 Å². The number of rotatable bonds is 7. The van der Waals surface area contributed by atoms with Crippen molar-refractivity contribution >= 4 is 37.7 Å². The molecule has 0 N–H and O–H groups in total. The minimum Gasteiger partial charge on any atom is -0.351 e. The van der Waals surface area contributed by atoms with Gasteiger partial charge in [0.05, 0.1) is 6.54 Å². The predicted octanol–water partition coefficient (Wildman–Crippen LogP) is 5.49. The molecule has 0 amide bonds. The Labute approximate surface area is 153 Å². The average molecular weight is 356 g/mol. The van der Waals surface area contributed by atoms with Crippen LogP contribution in [0.3, 0.4) is 0 Å². The maximum Gasteiger partial charge on any atom is 0.176 e. The Hall–Kier alpha value is -1.75. The van der Waals surface area contributed by atoms with E-state index in [1.54, 1.807) is 0 Å². The van der Waals surface area contributed by atoms with E-state index in [0.717, 1.165) is 0 Å². The lowest BCUT2D eigenvalue weighted by molar-refractivity contribution is -0.128. The summed E-state index contributed by atoms with van der Waals surface area (Å²) >= 11 is 1.87. The number of aryl methyl sites for hydroxylation is 2. The molecule has 0 atom stereocenters. The summed E-state index contributed by atoms with van der Waals surface area (Å²) in [5.41, 5.74) is 3.75. The fourth-order valence-corrected chi connectivity index (χ4v) is 4.37.